The van der Waals surface area contributed by atoms with Crippen LogP contribution in [0.1, 0.15) is 17.2 Å². The van der Waals surface area contributed by atoms with Gasteiger partial charge in [0.2, 0.25) is 0 Å². The topological polar surface area (TPSA) is 62.8 Å². The van der Waals surface area contributed by atoms with Gasteiger partial charge >= 0.3 is 0 Å². The summed E-state index contributed by atoms with van der Waals surface area (Å²) in [4.78, 5) is 0. The number of hydrazine groups is 1. The second-order valence-electron chi connectivity index (χ2n) is 6.39. The van der Waals surface area contributed by atoms with Gasteiger partial charge < -0.3 is 14.6 Å². The van der Waals surface area contributed by atoms with Crippen LogP contribution < -0.4 is 20.3 Å². The van der Waals surface area contributed by atoms with Crippen LogP contribution in [0.4, 0.5) is 0 Å². The van der Waals surface area contributed by atoms with E-state index >= 15 is 0 Å². The van der Waals surface area contributed by atoms with Gasteiger partial charge in [0.05, 0.1) is 7.11 Å². The van der Waals surface area contributed by atoms with Crippen LogP contribution >= 0.6 is 0 Å². The van der Waals surface area contributed by atoms with E-state index in [4.69, 9.17) is 9.47 Å². The summed E-state index contributed by atoms with van der Waals surface area (Å²) in [6.07, 6.45) is -1.31. The zero-order valence-electron chi connectivity index (χ0n) is 15.9. The summed E-state index contributed by atoms with van der Waals surface area (Å²) in [6.45, 7) is 0.985. The third kappa shape index (κ3) is 5.57. The fraction of sp³-hybridized carbons (Fsp3) is 0.217. The number of hydrogen-bond donors (Lipinski definition) is 3. The van der Waals surface area contributed by atoms with Crippen molar-refractivity contribution in [2.45, 2.75) is 18.8 Å². The predicted molar refractivity (Wildman–Crippen MR) is 110 cm³/mol. The van der Waals surface area contributed by atoms with Gasteiger partial charge in [0.1, 0.15) is 6.10 Å². The van der Waals surface area contributed by atoms with Crippen LogP contribution in [0.15, 0.2) is 84.9 Å². The normalized spacial score (nSPS) is 12.9. The second kappa shape index (κ2) is 10.5. The van der Waals surface area contributed by atoms with Crippen LogP contribution in [0.2, 0.25) is 0 Å². The monoisotopic (exact) mass is 378 g/mol. The van der Waals surface area contributed by atoms with Crippen LogP contribution in [0.3, 0.4) is 0 Å². The van der Waals surface area contributed by atoms with E-state index in [1.807, 2.05) is 84.9 Å². The lowest BCUT2D eigenvalue weighted by atomic mass is 10.0. The van der Waals surface area contributed by atoms with Crippen LogP contribution in [-0.2, 0) is 6.54 Å². The highest BCUT2D eigenvalue weighted by molar-refractivity contribution is 5.40. The second-order valence-corrected chi connectivity index (χ2v) is 6.39. The van der Waals surface area contributed by atoms with Crippen molar-refractivity contribution in [1.82, 2.24) is 10.9 Å². The molecule has 0 aliphatic rings. The Morgan fingerprint density at radius 3 is 2.07 bits per heavy atom. The lowest BCUT2D eigenvalue weighted by molar-refractivity contribution is 0.0319. The number of hydrogen-bond acceptors (Lipinski definition) is 5. The van der Waals surface area contributed by atoms with Crippen molar-refractivity contribution in [2.75, 3.05) is 13.7 Å². The summed E-state index contributed by atoms with van der Waals surface area (Å²) in [6, 6.07) is 27.2. The Morgan fingerprint density at radius 2 is 1.39 bits per heavy atom. The largest absolute Gasteiger partial charge is 0.493 e. The van der Waals surface area contributed by atoms with Gasteiger partial charge in [-0.25, -0.2) is 0 Å². The van der Waals surface area contributed by atoms with Gasteiger partial charge in [-0.15, -0.1) is 0 Å². The summed E-state index contributed by atoms with van der Waals surface area (Å²) in [5.41, 5.74) is 8.28. The first-order chi connectivity index (χ1) is 13.8. The third-order valence-corrected chi connectivity index (χ3v) is 4.37. The first-order valence-electron chi connectivity index (χ1n) is 9.30. The number of nitrogens with one attached hydrogen (secondary N) is 2. The first-order valence-corrected chi connectivity index (χ1v) is 9.30. The summed E-state index contributed by atoms with van der Waals surface area (Å²) in [5, 5.41) is 10.8. The van der Waals surface area contributed by atoms with Gasteiger partial charge in [0.15, 0.2) is 17.6 Å². The zero-order valence-corrected chi connectivity index (χ0v) is 15.9. The summed E-state index contributed by atoms with van der Waals surface area (Å²) < 4.78 is 11.5. The Balaban J connectivity index is 1.64. The van der Waals surface area contributed by atoms with Gasteiger partial charge in [0, 0.05) is 13.1 Å². The lowest BCUT2D eigenvalue weighted by Crippen LogP contribution is -2.41. The molecule has 3 aromatic rings. The van der Waals surface area contributed by atoms with E-state index in [9.17, 15) is 5.11 Å². The van der Waals surface area contributed by atoms with E-state index < -0.39 is 12.2 Å². The summed E-state index contributed by atoms with van der Waals surface area (Å²) in [5.74, 6) is 1.22. The van der Waals surface area contributed by atoms with Crippen molar-refractivity contribution >= 4 is 0 Å². The molecule has 0 spiro atoms. The fourth-order valence-electron chi connectivity index (χ4n) is 2.91. The minimum Gasteiger partial charge on any atom is -0.493 e. The standard InChI is InChI=1S/C23H26N2O3/c1-27-21-14-8-9-15-22(21)28-23(19-12-6-3-7-13-19)20(26)17-25-24-16-18-10-4-2-5-11-18/h2-15,20,23-26H,16-17H2,1H3. The number of para-hydroxylation sites is 2. The molecule has 0 amide bonds. The predicted octanol–water partition coefficient (Wildman–Crippen LogP) is 3.47. The molecule has 5 nitrogen and oxygen atoms in total. The molecule has 0 radical (unpaired) electrons. The van der Waals surface area contributed by atoms with Crippen molar-refractivity contribution in [3.63, 3.8) is 0 Å². The fourth-order valence-corrected chi connectivity index (χ4v) is 2.91. The maximum atomic E-state index is 10.8. The van der Waals surface area contributed by atoms with Crippen LogP contribution in [-0.4, -0.2) is 24.9 Å². The van der Waals surface area contributed by atoms with Crippen LogP contribution in [0, 0.1) is 0 Å². The Morgan fingerprint density at radius 1 is 0.786 bits per heavy atom. The molecule has 0 bridgehead atoms. The molecule has 28 heavy (non-hydrogen) atoms. The summed E-state index contributed by atoms with van der Waals surface area (Å²) >= 11 is 0. The number of aliphatic hydroxyl groups is 1. The number of benzene rings is 3. The van der Waals surface area contributed by atoms with Gasteiger partial charge in [-0.2, -0.15) is 0 Å². The molecule has 3 aromatic carbocycles. The van der Waals surface area contributed by atoms with Crippen LogP contribution in [0.25, 0.3) is 0 Å². The molecule has 0 aromatic heterocycles. The maximum Gasteiger partial charge on any atom is 0.162 e. The van der Waals surface area contributed by atoms with E-state index in [0.717, 1.165) is 11.1 Å². The average molecular weight is 378 g/mol. The molecule has 0 heterocycles. The molecule has 2 unspecified atom stereocenters. The summed E-state index contributed by atoms with van der Waals surface area (Å²) in [7, 11) is 1.60. The van der Waals surface area contributed by atoms with E-state index in [1.54, 1.807) is 7.11 Å². The van der Waals surface area contributed by atoms with Gasteiger partial charge in [-0.3, -0.25) is 10.9 Å². The molecule has 146 valence electrons. The molecule has 3 rings (SSSR count). The van der Waals surface area contributed by atoms with Crippen molar-refractivity contribution in [2.24, 2.45) is 0 Å². The molecule has 3 N–H and O–H groups in total. The molecule has 0 fully saturated rings. The number of ether oxygens (including phenoxy) is 2. The molecule has 0 saturated carbocycles. The first kappa shape index (κ1) is 19.9. The Bertz CT molecular complexity index is 828. The molecule has 2 atom stereocenters. The van der Waals surface area contributed by atoms with E-state index in [1.165, 1.54) is 0 Å². The van der Waals surface area contributed by atoms with Crippen molar-refractivity contribution < 1.29 is 14.6 Å². The van der Waals surface area contributed by atoms with Gasteiger partial charge in [0.25, 0.3) is 0 Å². The van der Waals surface area contributed by atoms with E-state index in [-0.39, 0.29) is 0 Å². The number of aliphatic hydroxyl groups excluding tert-OH is 1. The van der Waals surface area contributed by atoms with E-state index in [2.05, 4.69) is 10.9 Å². The zero-order chi connectivity index (χ0) is 19.6. The van der Waals surface area contributed by atoms with Crippen LogP contribution in [0.5, 0.6) is 11.5 Å². The minimum absolute atomic E-state index is 0.321. The molecule has 5 heteroatoms. The highest BCUT2D eigenvalue weighted by Crippen LogP contribution is 2.32. The molecule has 0 aliphatic carbocycles. The van der Waals surface area contributed by atoms with Crippen molar-refractivity contribution in [1.29, 1.82) is 0 Å². The average Bonchev–Trinajstić information content (AvgIpc) is 2.76. The quantitative estimate of drug-likeness (QED) is 0.372. The molecular formula is C23H26N2O3. The maximum absolute atomic E-state index is 10.8. The van der Waals surface area contributed by atoms with Crippen molar-refractivity contribution in [3.8, 4) is 11.5 Å². The number of methoxy groups -OCH3 is 1. The van der Waals surface area contributed by atoms with Gasteiger partial charge in [-0.05, 0) is 23.3 Å². The smallest absolute Gasteiger partial charge is 0.162 e. The molecular weight excluding hydrogens is 352 g/mol. The minimum atomic E-state index is -0.768. The van der Waals surface area contributed by atoms with Gasteiger partial charge in [-0.1, -0.05) is 72.8 Å². The Hall–Kier alpha value is -2.86. The Kier molecular flexibility index (Phi) is 7.44. The SMILES string of the molecule is COc1ccccc1OC(c1ccccc1)C(O)CNNCc1ccccc1. The molecule has 0 saturated heterocycles. The molecule has 0 aliphatic heterocycles. The van der Waals surface area contributed by atoms with E-state index in [0.29, 0.717) is 24.6 Å². The Labute approximate surface area is 165 Å². The third-order valence-electron chi connectivity index (χ3n) is 4.37. The number of rotatable bonds is 10. The highest BCUT2D eigenvalue weighted by atomic mass is 16.5. The highest BCUT2D eigenvalue weighted by Gasteiger charge is 2.24. The lowest BCUT2D eigenvalue weighted by Gasteiger charge is -2.26. The van der Waals surface area contributed by atoms with Crippen molar-refractivity contribution in [3.05, 3.63) is 96.1 Å².